The Morgan fingerprint density at radius 1 is 0.339 bits per heavy atom. The van der Waals surface area contributed by atoms with Gasteiger partial charge in [0.25, 0.3) is 0 Å². The Labute approximate surface area is 322 Å². The van der Waals surface area contributed by atoms with E-state index in [2.05, 4.69) is 126 Å². The van der Waals surface area contributed by atoms with Crippen molar-refractivity contribution in [3.05, 3.63) is 194 Å². The molecule has 0 N–H and O–H groups in total. The van der Waals surface area contributed by atoms with E-state index in [-0.39, 0.29) is 0 Å². The van der Waals surface area contributed by atoms with Crippen LogP contribution in [0, 0.1) is 0 Å². The van der Waals surface area contributed by atoms with Gasteiger partial charge in [0.2, 0.25) is 0 Å². The van der Waals surface area contributed by atoms with Gasteiger partial charge in [0, 0.05) is 49.5 Å². The molecule has 0 aliphatic heterocycles. The smallest absolute Gasteiger partial charge is 0.164 e. The van der Waals surface area contributed by atoms with E-state index in [1.807, 2.05) is 72.8 Å². The number of furan rings is 1. The monoisotopic (exact) mass is 716 g/mol. The number of fused-ring (bicyclic) bond motifs is 6. The highest BCUT2D eigenvalue weighted by atomic mass is 16.3. The second-order valence-corrected chi connectivity index (χ2v) is 14.0. The fraction of sp³-hybridized carbons (Fsp3) is 0. The maximum absolute atomic E-state index is 6.36. The molecular formula is C51H32N4O. The van der Waals surface area contributed by atoms with E-state index >= 15 is 0 Å². The zero-order chi connectivity index (χ0) is 37.0. The topological polar surface area (TPSA) is 56.7 Å². The SMILES string of the molecule is c1ccc(-c2nc(-c3ccccc3)nc(-c3ccc(-c4ccc5c(c4)c4ccccc4n5-c4ccc(-c5cccc6c5oc5ccccc56)cc4)cc3)n2)cc1. The van der Waals surface area contributed by atoms with E-state index in [9.17, 15) is 0 Å². The van der Waals surface area contributed by atoms with Crippen LogP contribution in [0.2, 0.25) is 0 Å². The van der Waals surface area contributed by atoms with Gasteiger partial charge in [-0.15, -0.1) is 0 Å². The summed E-state index contributed by atoms with van der Waals surface area (Å²) in [7, 11) is 0. The van der Waals surface area contributed by atoms with Crippen molar-refractivity contribution in [2.75, 3.05) is 0 Å². The summed E-state index contributed by atoms with van der Waals surface area (Å²) in [5.74, 6) is 1.94. The molecule has 0 bridgehead atoms. The lowest BCUT2D eigenvalue weighted by molar-refractivity contribution is 0.670. The highest BCUT2D eigenvalue weighted by Crippen LogP contribution is 2.38. The fourth-order valence-corrected chi connectivity index (χ4v) is 7.94. The first-order valence-electron chi connectivity index (χ1n) is 18.8. The van der Waals surface area contributed by atoms with Gasteiger partial charge in [0.1, 0.15) is 11.2 Å². The molecule has 56 heavy (non-hydrogen) atoms. The Hall–Kier alpha value is -7.63. The third kappa shape index (κ3) is 5.37. The quantitative estimate of drug-likeness (QED) is 0.172. The van der Waals surface area contributed by atoms with E-state index in [1.54, 1.807) is 0 Å². The van der Waals surface area contributed by atoms with Crippen LogP contribution in [-0.2, 0) is 0 Å². The minimum Gasteiger partial charge on any atom is -0.455 e. The number of hydrogen-bond acceptors (Lipinski definition) is 4. The lowest BCUT2D eigenvalue weighted by Crippen LogP contribution is -2.00. The molecule has 0 aliphatic rings. The van der Waals surface area contributed by atoms with Crippen LogP contribution in [0.3, 0.4) is 0 Å². The molecule has 5 nitrogen and oxygen atoms in total. The number of rotatable bonds is 6. The summed E-state index contributed by atoms with van der Waals surface area (Å²) < 4.78 is 8.72. The van der Waals surface area contributed by atoms with Crippen molar-refractivity contribution in [2.45, 2.75) is 0 Å². The van der Waals surface area contributed by atoms with Gasteiger partial charge in [-0.05, 0) is 53.1 Å². The van der Waals surface area contributed by atoms with Crippen LogP contribution in [0.1, 0.15) is 0 Å². The van der Waals surface area contributed by atoms with Gasteiger partial charge in [-0.3, -0.25) is 0 Å². The molecule has 5 heteroatoms. The third-order valence-corrected chi connectivity index (χ3v) is 10.7. The number of para-hydroxylation sites is 3. The number of hydrogen-bond donors (Lipinski definition) is 0. The lowest BCUT2D eigenvalue weighted by atomic mass is 10.0. The predicted molar refractivity (Wildman–Crippen MR) is 229 cm³/mol. The van der Waals surface area contributed by atoms with Gasteiger partial charge >= 0.3 is 0 Å². The van der Waals surface area contributed by atoms with Gasteiger partial charge in [-0.25, -0.2) is 15.0 Å². The second-order valence-electron chi connectivity index (χ2n) is 14.0. The highest BCUT2D eigenvalue weighted by Gasteiger charge is 2.16. The predicted octanol–water partition coefficient (Wildman–Crippen LogP) is 13.2. The minimum atomic E-state index is 0.642. The Balaban J connectivity index is 0.955. The molecule has 0 saturated carbocycles. The van der Waals surface area contributed by atoms with Crippen molar-refractivity contribution in [3.63, 3.8) is 0 Å². The Morgan fingerprint density at radius 2 is 0.857 bits per heavy atom. The van der Waals surface area contributed by atoms with Gasteiger partial charge in [0.15, 0.2) is 17.5 Å². The third-order valence-electron chi connectivity index (χ3n) is 10.7. The molecule has 0 atom stereocenters. The fourth-order valence-electron chi connectivity index (χ4n) is 7.94. The molecule has 3 heterocycles. The maximum Gasteiger partial charge on any atom is 0.164 e. The summed E-state index contributed by atoms with van der Waals surface area (Å²) in [5, 5.41) is 4.69. The van der Waals surface area contributed by atoms with E-state index in [4.69, 9.17) is 19.4 Å². The van der Waals surface area contributed by atoms with Crippen LogP contribution in [0.25, 0.3) is 106 Å². The molecule has 0 aliphatic carbocycles. The van der Waals surface area contributed by atoms with Gasteiger partial charge in [-0.2, -0.15) is 0 Å². The summed E-state index contributed by atoms with van der Waals surface area (Å²) in [6.45, 7) is 0. The van der Waals surface area contributed by atoms with Gasteiger partial charge in [0.05, 0.1) is 11.0 Å². The van der Waals surface area contributed by atoms with Crippen molar-refractivity contribution >= 4 is 43.7 Å². The number of nitrogens with zero attached hydrogens (tertiary/aromatic N) is 4. The average molecular weight is 717 g/mol. The van der Waals surface area contributed by atoms with Crippen LogP contribution >= 0.6 is 0 Å². The molecule has 0 unspecified atom stereocenters. The lowest BCUT2D eigenvalue weighted by Gasteiger charge is -2.10. The Morgan fingerprint density at radius 3 is 1.55 bits per heavy atom. The van der Waals surface area contributed by atoms with Crippen LogP contribution < -0.4 is 0 Å². The zero-order valence-corrected chi connectivity index (χ0v) is 30.2. The second kappa shape index (κ2) is 13.0. The van der Waals surface area contributed by atoms with Crippen molar-refractivity contribution in [1.29, 1.82) is 0 Å². The van der Waals surface area contributed by atoms with E-state index in [0.717, 1.165) is 72.1 Å². The summed E-state index contributed by atoms with van der Waals surface area (Å²) in [6.07, 6.45) is 0. The van der Waals surface area contributed by atoms with Crippen molar-refractivity contribution in [1.82, 2.24) is 19.5 Å². The van der Waals surface area contributed by atoms with E-state index < -0.39 is 0 Å². The highest BCUT2D eigenvalue weighted by molar-refractivity contribution is 6.11. The van der Waals surface area contributed by atoms with E-state index in [1.165, 1.54) is 16.3 Å². The van der Waals surface area contributed by atoms with Crippen LogP contribution in [-0.4, -0.2) is 19.5 Å². The molecule has 262 valence electrons. The molecule has 0 saturated heterocycles. The first-order valence-corrected chi connectivity index (χ1v) is 18.8. The van der Waals surface area contributed by atoms with Crippen molar-refractivity contribution in [3.8, 4) is 62.1 Å². The van der Waals surface area contributed by atoms with Crippen molar-refractivity contribution < 1.29 is 4.42 Å². The summed E-state index contributed by atoms with van der Waals surface area (Å²) in [4.78, 5) is 14.7. The molecular weight excluding hydrogens is 685 g/mol. The Kier molecular flexibility index (Phi) is 7.42. The molecule has 8 aromatic carbocycles. The first-order chi connectivity index (χ1) is 27.7. The molecule has 0 radical (unpaired) electrons. The standard InChI is InChI=1S/C51H32N4O/c1-3-12-35(13-4-1)49-52-50(36-14-5-2-6-15-36)54-51(53-49)37-24-22-33(23-25-37)38-28-31-46-44(32-38)41-16-7-9-20-45(41)55(46)39-29-26-34(27-30-39)40-18-11-19-43-42-17-8-10-21-47(42)56-48(40)43/h1-32H. The Bertz CT molecular complexity index is 3160. The molecule has 11 aromatic rings. The minimum absolute atomic E-state index is 0.642. The molecule has 11 rings (SSSR count). The number of aromatic nitrogens is 4. The number of benzene rings is 8. The summed E-state index contributed by atoms with van der Waals surface area (Å²) >= 11 is 0. The summed E-state index contributed by atoms with van der Waals surface area (Å²) in [5.41, 5.74) is 12.6. The van der Waals surface area contributed by atoms with Gasteiger partial charge in [-0.1, -0.05) is 158 Å². The van der Waals surface area contributed by atoms with Crippen LogP contribution in [0.15, 0.2) is 199 Å². The average Bonchev–Trinajstić information content (AvgIpc) is 3.83. The van der Waals surface area contributed by atoms with E-state index in [0.29, 0.717) is 17.5 Å². The molecule has 0 amide bonds. The largest absolute Gasteiger partial charge is 0.455 e. The van der Waals surface area contributed by atoms with Crippen LogP contribution in [0.4, 0.5) is 0 Å². The van der Waals surface area contributed by atoms with Crippen LogP contribution in [0.5, 0.6) is 0 Å². The van der Waals surface area contributed by atoms with Gasteiger partial charge < -0.3 is 8.98 Å². The van der Waals surface area contributed by atoms with Crippen molar-refractivity contribution in [2.24, 2.45) is 0 Å². The molecule has 0 spiro atoms. The molecule has 3 aromatic heterocycles. The summed E-state index contributed by atoms with van der Waals surface area (Å²) in [6, 6.07) is 67.5. The zero-order valence-electron chi connectivity index (χ0n) is 30.2. The maximum atomic E-state index is 6.36. The molecule has 0 fully saturated rings. The normalized spacial score (nSPS) is 11.6. The first kappa shape index (κ1) is 31.9.